The second-order valence-electron chi connectivity index (χ2n) is 8.32. The third-order valence-electron chi connectivity index (χ3n) is 6.46. The number of aryl methyl sites for hydroxylation is 2. The first-order valence-corrected chi connectivity index (χ1v) is 11.6. The lowest BCUT2D eigenvalue weighted by Gasteiger charge is -2.34. The number of nitrogens with one attached hydrogen (secondary N) is 1. The monoisotopic (exact) mass is 376 g/mol. The van der Waals surface area contributed by atoms with Crippen molar-refractivity contribution in [2.75, 3.05) is 26.2 Å². The average molecular weight is 377 g/mol. The molecule has 0 spiro atoms. The second kappa shape index (κ2) is 9.36. The highest BCUT2D eigenvalue weighted by Gasteiger charge is 2.35. The van der Waals surface area contributed by atoms with E-state index in [9.17, 15) is 4.79 Å². The van der Waals surface area contributed by atoms with Crippen LogP contribution in [-0.2, 0) is 12.8 Å². The molecule has 0 saturated heterocycles. The lowest BCUT2D eigenvalue weighted by atomic mass is 9.85. The molecule has 1 fully saturated rings. The van der Waals surface area contributed by atoms with E-state index >= 15 is 0 Å². The number of hydrogen-bond acceptors (Lipinski definition) is 3. The third-order valence-corrected chi connectivity index (χ3v) is 7.70. The first-order chi connectivity index (χ1) is 12.7. The van der Waals surface area contributed by atoms with Gasteiger partial charge in [0, 0.05) is 23.4 Å². The Morgan fingerprint density at radius 2 is 1.77 bits per heavy atom. The standard InChI is InChI=1S/C22H36N2OS/c1-3-24(4-2)17-22(13-9-10-14-22)16-23-21(25)20-15-18-11-7-5-6-8-12-19(18)26-20/h15H,3-14,16-17H2,1-2H3,(H,23,25). The van der Waals surface area contributed by atoms with Crippen LogP contribution in [0.3, 0.4) is 0 Å². The molecule has 3 nitrogen and oxygen atoms in total. The van der Waals surface area contributed by atoms with Gasteiger partial charge in [0.25, 0.3) is 5.91 Å². The Hall–Kier alpha value is -0.870. The summed E-state index contributed by atoms with van der Waals surface area (Å²) in [5.74, 6) is 0.160. The molecule has 0 radical (unpaired) electrons. The van der Waals surface area contributed by atoms with E-state index in [4.69, 9.17) is 0 Å². The Labute approximate surface area is 163 Å². The third kappa shape index (κ3) is 4.89. The SMILES string of the molecule is CCN(CC)CC1(CNC(=O)c2cc3c(s2)CCCCCC3)CCCC1. The zero-order valence-electron chi connectivity index (χ0n) is 16.7. The highest BCUT2D eigenvalue weighted by Crippen LogP contribution is 2.38. The number of carbonyl (C=O) groups excluding carboxylic acids is 1. The van der Waals surface area contributed by atoms with Crippen LogP contribution >= 0.6 is 11.3 Å². The maximum Gasteiger partial charge on any atom is 0.261 e. The molecule has 2 aliphatic rings. The van der Waals surface area contributed by atoms with Gasteiger partial charge in [-0.2, -0.15) is 0 Å². The number of hydrogen-bond donors (Lipinski definition) is 1. The average Bonchev–Trinajstić information content (AvgIpc) is 3.25. The molecule has 2 aliphatic carbocycles. The smallest absolute Gasteiger partial charge is 0.261 e. The van der Waals surface area contributed by atoms with Gasteiger partial charge in [0.1, 0.15) is 0 Å². The van der Waals surface area contributed by atoms with E-state index in [2.05, 4.69) is 30.1 Å². The molecule has 4 heteroatoms. The Balaban J connectivity index is 1.62. The molecule has 0 aromatic carbocycles. The van der Waals surface area contributed by atoms with Crippen molar-refractivity contribution in [3.8, 4) is 0 Å². The fourth-order valence-electron chi connectivity index (χ4n) is 4.75. The van der Waals surface area contributed by atoms with Gasteiger partial charge in [-0.05, 0) is 63.2 Å². The molecule has 0 aliphatic heterocycles. The van der Waals surface area contributed by atoms with Gasteiger partial charge in [-0.25, -0.2) is 0 Å². The maximum atomic E-state index is 12.8. The first kappa shape index (κ1) is 19.9. The van der Waals surface area contributed by atoms with Crippen LogP contribution in [0.4, 0.5) is 0 Å². The summed E-state index contributed by atoms with van der Waals surface area (Å²) in [6, 6.07) is 2.19. The Morgan fingerprint density at radius 1 is 1.08 bits per heavy atom. The van der Waals surface area contributed by atoms with Crippen LogP contribution in [0.1, 0.15) is 85.3 Å². The number of nitrogens with zero attached hydrogens (tertiary/aromatic N) is 1. The highest BCUT2D eigenvalue weighted by molar-refractivity contribution is 7.14. The van der Waals surface area contributed by atoms with Crippen molar-refractivity contribution < 1.29 is 4.79 Å². The largest absolute Gasteiger partial charge is 0.351 e. The summed E-state index contributed by atoms with van der Waals surface area (Å²) in [5.41, 5.74) is 1.73. The molecule has 3 rings (SSSR count). The lowest BCUT2D eigenvalue weighted by Crippen LogP contribution is -2.44. The zero-order chi connectivity index (χ0) is 18.4. The fourth-order valence-corrected chi connectivity index (χ4v) is 5.92. The highest BCUT2D eigenvalue weighted by atomic mass is 32.1. The summed E-state index contributed by atoms with van der Waals surface area (Å²) in [7, 11) is 0. The molecule has 0 atom stereocenters. The van der Waals surface area contributed by atoms with Crippen molar-refractivity contribution in [3.63, 3.8) is 0 Å². The van der Waals surface area contributed by atoms with Crippen molar-refractivity contribution in [3.05, 3.63) is 21.4 Å². The van der Waals surface area contributed by atoms with Crippen molar-refractivity contribution in [1.82, 2.24) is 10.2 Å². The zero-order valence-corrected chi connectivity index (χ0v) is 17.6. The van der Waals surface area contributed by atoms with E-state index in [1.54, 1.807) is 11.3 Å². The number of thiophene rings is 1. The normalized spacial score (nSPS) is 19.8. The van der Waals surface area contributed by atoms with Gasteiger partial charge in [-0.1, -0.05) is 39.5 Å². The van der Waals surface area contributed by atoms with Gasteiger partial charge in [0.2, 0.25) is 0 Å². The fraction of sp³-hybridized carbons (Fsp3) is 0.773. The predicted octanol–water partition coefficient (Wildman–Crippen LogP) is 5.04. The van der Waals surface area contributed by atoms with Crippen molar-refractivity contribution in [1.29, 1.82) is 0 Å². The van der Waals surface area contributed by atoms with Gasteiger partial charge >= 0.3 is 0 Å². The van der Waals surface area contributed by atoms with Crippen LogP contribution in [0.15, 0.2) is 6.07 Å². The molecule has 26 heavy (non-hydrogen) atoms. The number of carbonyl (C=O) groups is 1. The summed E-state index contributed by atoms with van der Waals surface area (Å²) in [6.07, 6.45) is 12.7. The summed E-state index contributed by atoms with van der Waals surface area (Å²) >= 11 is 1.75. The van der Waals surface area contributed by atoms with E-state index in [1.807, 2.05) is 0 Å². The van der Waals surface area contributed by atoms with Crippen molar-refractivity contribution in [2.45, 2.75) is 78.1 Å². The molecule has 146 valence electrons. The van der Waals surface area contributed by atoms with Gasteiger partial charge in [0.05, 0.1) is 4.88 Å². The molecule has 1 saturated carbocycles. The van der Waals surface area contributed by atoms with Crippen molar-refractivity contribution >= 4 is 17.2 Å². The molecule has 1 aromatic rings. The van der Waals surface area contributed by atoms with Crippen LogP contribution < -0.4 is 5.32 Å². The molecule has 1 N–H and O–H groups in total. The Morgan fingerprint density at radius 3 is 2.46 bits per heavy atom. The number of amides is 1. The Bertz CT molecular complexity index is 559. The Kier molecular flexibility index (Phi) is 7.16. The van der Waals surface area contributed by atoms with Crippen LogP contribution in [0.2, 0.25) is 0 Å². The summed E-state index contributed by atoms with van der Waals surface area (Å²) < 4.78 is 0. The van der Waals surface area contributed by atoms with Gasteiger partial charge in [0.15, 0.2) is 0 Å². The van der Waals surface area contributed by atoms with Crippen LogP contribution in [0, 0.1) is 5.41 Å². The van der Waals surface area contributed by atoms with Gasteiger partial charge in [-0.3, -0.25) is 4.79 Å². The summed E-state index contributed by atoms with van der Waals surface area (Å²) in [6.45, 7) is 8.65. The van der Waals surface area contributed by atoms with Crippen molar-refractivity contribution in [2.24, 2.45) is 5.41 Å². The number of rotatable bonds is 7. The minimum Gasteiger partial charge on any atom is -0.351 e. The van der Waals surface area contributed by atoms with E-state index in [-0.39, 0.29) is 11.3 Å². The van der Waals surface area contributed by atoms with Crippen LogP contribution in [-0.4, -0.2) is 37.0 Å². The molecule has 1 amide bonds. The predicted molar refractivity (Wildman–Crippen MR) is 111 cm³/mol. The topological polar surface area (TPSA) is 32.3 Å². The molecular formula is C22H36N2OS. The van der Waals surface area contributed by atoms with E-state index < -0.39 is 0 Å². The first-order valence-electron chi connectivity index (χ1n) is 10.8. The minimum atomic E-state index is 0.160. The molecule has 0 bridgehead atoms. The summed E-state index contributed by atoms with van der Waals surface area (Å²) in [4.78, 5) is 17.8. The van der Waals surface area contributed by atoms with Crippen LogP contribution in [0.5, 0.6) is 0 Å². The lowest BCUT2D eigenvalue weighted by molar-refractivity contribution is 0.0912. The summed E-state index contributed by atoms with van der Waals surface area (Å²) in [5, 5.41) is 3.32. The second-order valence-corrected chi connectivity index (χ2v) is 9.46. The quantitative estimate of drug-likeness (QED) is 0.723. The minimum absolute atomic E-state index is 0.160. The maximum absolute atomic E-state index is 12.8. The molecule has 1 aromatic heterocycles. The van der Waals surface area contributed by atoms with Crippen LogP contribution in [0.25, 0.3) is 0 Å². The number of fused-ring (bicyclic) bond motifs is 1. The van der Waals surface area contributed by atoms with Gasteiger partial charge < -0.3 is 10.2 Å². The molecule has 1 heterocycles. The van der Waals surface area contributed by atoms with E-state index in [1.165, 1.54) is 68.2 Å². The molecule has 0 unspecified atom stereocenters. The molecular weight excluding hydrogens is 340 g/mol. The van der Waals surface area contributed by atoms with E-state index in [0.29, 0.717) is 0 Å². The van der Waals surface area contributed by atoms with E-state index in [0.717, 1.165) is 37.5 Å². The van der Waals surface area contributed by atoms with Gasteiger partial charge in [-0.15, -0.1) is 11.3 Å².